The summed E-state index contributed by atoms with van der Waals surface area (Å²) in [6.07, 6.45) is 2.23. The minimum absolute atomic E-state index is 0.0609. The molecule has 1 heterocycles. The number of carbonyl (C=O) groups excluding carboxylic acids is 2. The Morgan fingerprint density at radius 2 is 1.57 bits per heavy atom. The number of rotatable bonds is 8. The molecule has 0 bridgehead atoms. The third-order valence-corrected chi connectivity index (χ3v) is 8.04. The zero-order valence-corrected chi connectivity index (χ0v) is 23.4. The number of nitro groups is 2. The van der Waals surface area contributed by atoms with Gasteiger partial charge in [0.2, 0.25) is 5.75 Å². The predicted octanol–water partition coefficient (Wildman–Crippen LogP) is 6.49. The molecular weight excluding hydrogens is 593 g/mol. The number of non-ortho nitro benzene ring substituents is 1. The molecule has 0 amide bonds. The molecule has 1 N–H and O–H groups in total. The highest BCUT2D eigenvalue weighted by Crippen LogP contribution is 2.53. The summed E-state index contributed by atoms with van der Waals surface area (Å²) in [6, 6.07) is 5.71. The van der Waals surface area contributed by atoms with Gasteiger partial charge in [0.1, 0.15) is 0 Å². The number of nitro benzene ring substituents is 2. The van der Waals surface area contributed by atoms with Crippen LogP contribution in [0.4, 0.5) is 11.4 Å². The van der Waals surface area contributed by atoms with Crippen LogP contribution in [-0.4, -0.2) is 43.9 Å². The van der Waals surface area contributed by atoms with E-state index in [9.17, 15) is 39.7 Å². The van der Waals surface area contributed by atoms with E-state index in [1.165, 1.54) is 12.1 Å². The van der Waals surface area contributed by atoms with Gasteiger partial charge in [-0.1, -0.05) is 23.2 Å². The third-order valence-electron chi connectivity index (χ3n) is 7.55. The topological polar surface area (TPSA) is 170 Å². The Kier molecular flexibility index (Phi) is 8.02. The van der Waals surface area contributed by atoms with Gasteiger partial charge in [-0.15, -0.1) is 0 Å². The monoisotopic (exact) mass is 615 g/mol. The van der Waals surface area contributed by atoms with Gasteiger partial charge >= 0.3 is 11.7 Å². The van der Waals surface area contributed by atoms with Crippen molar-refractivity contribution >= 4 is 52.1 Å². The maximum absolute atomic E-state index is 13.6. The summed E-state index contributed by atoms with van der Waals surface area (Å²) in [5, 5.41) is 32.5. The number of carboxylic acids is 1. The molecule has 0 saturated heterocycles. The molecule has 0 spiro atoms. The van der Waals surface area contributed by atoms with E-state index in [4.69, 9.17) is 27.9 Å². The van der Waals surface area contributed by atoms with Crippen LogP contribution >= 0.6 is 23.2 Å². The second kappa shape index (κ2) is 11.5. The number of carbonyl (C=O) groups is 3. The lowest BCUT2D eigenvalue weighted by atomic mass is 9.70. The van der Waals surface area contributed by atoms with Crippen LogP contribution in [0.15, 0.2) is 52.9 Å². The number of nitrogens with zero attached hydrogens (tertiary/aromatic N) is 3. The molecular formula is C28H23Cl2N3O9. The van der Waals surface area contributed by atoms with Crippen molar-refractivity contribution in [3.8, 4) is 11.5 Å². The first-order valence-electron chi connectivity index (χ1n) is 13.1. The molecule has 42 heavy (non-hydrogen) atoms. The molecule has 218 valence electrons. The molecule has 0 atom stereocenters. The van der Waals surface area contributed by atoms with E-state index < -0.39 is 33.1 Å². The van der Waals surface area contributed by atoms with Crippen LogP contribution < -0.4 is 4.74 Å². The van der Waals surface area contributed by atoms with Gasteiger partial charge in [0.15, 0.2) is 17.3 Å². The van der Waals surface area contributed by atoms with E-state index in [2.05, 4.69) is 0 Å². The minimum atomic E-state index is -1.02. The SMILES string of the molecule is O=C(O)CCN1C2=C(C(=O)CCC2)C(c2cc(Cl)cc(Cl)c2Oc2ccc([N+](=O)[O-])cc2[N+](=O)[O-])C2=C1CCCC2=O. The van der Waals surface area contributed by atoms with Crippen molar-refractivity contribution < 1.29 is 34.1 Å². The highest BCUT2D eigenvalue weighted by atomic mass is 35.5. The second-order valence-electron chi connectivity index (χ2n) is 10.1. The molecule has 14 heteroatoms. The average Bonchev–Trinajstić information content (AvgIpc) is 2.92. The number of hydrogen-bond donors (Lipinski definition) is 1. The fourth-order valence-corrected chi connectivity index (χ4v) is 6.41. The van der Waals surface area contributed by atoms with Crippen LogP contribution in [0.2, 0.25) is 10.0 Å². The summed E-state index contributed by atoms with van der Waals surface area (Å²) >= 11 is 13.0. The number of ether oxygens (including phenoxy) is 1. The maximum atomic E-state index is 13.6. The Bertz CT molecular complexity index is 1590. The standard InChI is InChI=1S/C28H23Cl2N3O9/c29-14-11-16(28(17(30)12-14)42-23-8-7-15(32(38)39)13-20(23)33(40)41)25-26-18(3-1-5-21(26)34)31(10-9-24(36)37)19-4-2-6-22(35)27(19)25/h7-8,11-13,25H,1-6,9-10H2,(H,36,37). The molecule has 0 unspecified atom stereocenters. The number of ketones is 2. The van der Waals surface area contributed by atoms with Gasteiger partial charge in [-0.25, -0.2) is 0 Å². The largest absolute Gasteiger partial charge is 0.481 e. The zero-order chi connectivity index (χ0) is 30.3. The number of hydrogen-bond acceptors (Lipinski definition) is 9. The second-order valence-corrected chi connectivity index (χ2v) is 10.9. The van der Waals surface area contributed by atoms with Crippen molar-refractivity contribution in [2.24, 2.45) is 0 Å². The van der Waals surface area contributed by atoms with Gasteiger partial charge in [0, 0.05) is 64.5 Å². The van der Waals surface area contributed by atoms with Crippen LogP contribution in [0.25, 0.3) is 0 Å². The normalized spacial score (nSPS) is 17.2. The van der Waals surface area contributed by atoms with Gasteiger partial charge in [-0.3, -0.25) is 34.6 Å². The number of carboxylic acid groups (broad SMARTS) is 1. The Morgan fingerprint density at radius 3 is 2.12 bits per heavy atom. The van der Waals surface area contributed by atoms with E-state index >= 15 is 0 Å². The number of Topliss-reactive ketones (excluding diaryl/α,β-unsaturated/α-hetero) is 2. The summed E-state index contributed by atoms with van der Waals surface area (Å²) in [5.74, 6) is -2.89. The van der Waals surface area contributed by atoms with Crippen molar-refractivity contribution in [2.45, 2.75) is 50.9 Å². The number of aliphatic carboxylic acids is 1. The highest BCUT2D eigenvalue weighted by Gasteiger charge is 2.44. The lowest BCUT2D eigenvalue weighted by Crippen LogP contribution is -2.40. The van der Waals surface area contributed by atoms with Crippen molar-refractivity contribution in [1.29, 1.82) is 0 Å². The molecule has 0 saturated carbocycles. The number of benzene rings is 2. The molecule has 2 aromatic rings. The predicted molar refractivity (Wildman–Crippen MR) is 150 cm³/mol. The van der Waals surface area contributed by atoms with E-state index in [1.807, 2.05) is 0 Å². The van der Waals surface area contributed by atoms with Crippen molar-refractivity contribution in [3.63, 3.8) is 0 Å². The Morgan fingerprint density at radius 1 is 0.952 bits per heavy atom. The zero-order valence-electron chi connectivity index (χ0n) is 21.9. The van der Waals surface area contributed by atoms with E-state index in [0.29, 0.717) is 48.2 Å². The quantitative estimate of drug-likeness (QED) is 0.255. The Hall–Kier alpha value is -4.29. The third kappa shape index (κ3) is 5.35. The Labute approximate surface area is 248 Å². The van der Waals surface area contributed by atoms with Gasteiger partial charge in [-0.2, -0.15) is 0 Å². The number of allylic oxidation sites excluding steroid dienone is 4. The fourth-order valence-electron chi connectivity index (χ4n) is 5.87. The molecule has 0 radical (unpaired) electrons. The lowest BCUT2D eigenvalue weighted by Gasteiger charge is -2.44. The first-order chi connectivity index (χ1) is 20.0. The molecule has 5 rings (SSSR count). The fraction of sp³-hybridized carbons (Fsp3) is 0.321. The molecule has 0 aromatic heterocycles. The molecule has 2 aromatic carbocycles. The van der Waals surface area contributed by atoms with Gasteiger partial charge < -0.3 is 14.7 Å². The van der Waals surface area contributed by atoms with Gasteiger partial charge in [-0.05, 0) is 43.9 Å². The minimum Gasteiger partial charge on any atom is -0.481 e. The summed E-state index contributed by atoms with van der Waals surface area (Å²) in [5.41, 5.74) is 0.874. The highest BCUT2D eigenvalue weighted by molar-refractivity contribution is 6.35. The van der Waals surface area contributed by atoms with Crippen LogP contribution in [0.1, 0.15) is 56.4 Å². The molecule has 12 nitrogen and oxygen atoms in total. The average molecular weight is 616 g/mol. The van der Waals surface area contributed by atoms with Crippen LogP contribution in [0.5, 0.6) is 11.5 Å². The van der Waals surface area contributed by atoms with E-state index in [-0.39, 0.29) is 64.5 Å². The van der Waals surface area contributed by atoms with Crippen molar-refractivity contribution in [3.05, 3.63) is 88.7 Å². The lowest BCUT2D eigenvalue weighted by molar-refractivity contribution is -0.394. The summed E-state index contributed by atoms with van der Waals surface area (Å²) < 4.78 is 6.00. The van der Waals surface area contributed by atoms with Crippen LogP contribution in [0, 0.1) is 20.2 Å². The van der Waals surface area contributed by atoms with Crippen molar-refractivity contribution in [1.82, 2.24) is 4.90 Å². The van der Waals surface area contributed by atoms with E-state index in [1.54, 1.807) is 4.90 Å². The summed E-state index contributed by atoms with van der Waals surface area (Å²) in [4.78, 5) is 61.8. The number of halogens is 2. The van der Waals surface area contributed by atoms with Crippen LogP contribution in [-0.2, 0) is 14.4 Å². The smallest absolute Gasteiger partial charge is 0.318 e. The first kappa shape index (κ1) is 29.2. The van der Waals surface area contributed by atoms with Crippen LogP contribution in [0.3, 0.4) is 0 Å². The maximum Gasteiger partial charge on any atom is 0.318 e. The summed E-state index contributed by atoms with van der Waals surface area (Å²) in [6.45, 7) is 0.0783. The molecule has 3 aliphatic rings. The van der Waals surface area contributed by atoms with Gasteiger partial charge in [0.25, 0.3) is 5.69 Å². The Balaban J connectivity index is 1.74. The van der Waals surface area contributed by atoms with Crippen molar-refractivity contribution in [2.75, 3.05) is 6.54 Å². The molecule has 2 aliphatic carbocycles. The summed E-state index contributed by atoms with van der Waals surface area (Å²) in [7, 11) is 0. The first-order valence-corrected chi connectivity index (χ1v) is 13.8. The van der Waals surface area contributed by atoms with Gasteiger partial charge in [0.05, 0.1) is 27.4 Å². The molecule has 1 aliphatic heterocycles. The molecule has 0 fully saturated rings. The van der Waals surface area contributed by atoms with E-state index in [0.717, 1.165) is 18.2 Å².